The van der Waals surface area contributed by atoms with Crippen LogP contribution in [0.2, 0.25) is 0 Å². The fourth-order valence-electron chi connectivity index (χ4n) is 2.31. The number of nitrogens with one attached hydrogen (secondary N) is 1. The fourth-order valence-corrected chi connectivity index (χ4v) is 2.31. The molecule has 0 radical (unpaired) electrons. The first-order valence-electron chi connectivity index (χ1n) is 7.47. The molecule has 0 spiro atoms. The average molecular weight is 279 g/mol. The lowest BCUT2D eigenvalue weighted by atomic mass is 9.99. The van der Waals surface area contributed by atoms with Gasteiger partial charge in [-0.3, -0.25) is 0 Å². The molecule has 1 aromatic carbocycles. The van der Waals surface area contributed by atoms with Crippen molar-refractivity contribution >= 4 is 0 Å². The monoisotopic (exact) mass is 279 g/mol. The summed E-state index contributed by atoms with van der Waals surface area (Å²) in [4.78, 5) is 0. The first-order valence-corrected chi connectivity index (χ1v) is 7.47. The molecule has 2 N–H and O–H groups in total. The minimum Gasteiger partial charge on any atom is -0.491 e. The Morgan fingerprint density at radius 1 is 1.30 bits per heavy atom. The number of ether oxygens (including phenoxy) is 1. The Labute approximate surface area is 123 Å². The Bertz CT molecular complexity index is 415. The van der Waals surface area contributed by atoms with Gasteiger partial charge in [-0.1, -0.05) is 31.0 Å². The van der Waals surface area contributed by atoms with E-state index in [1.807, 2.05) is 19.1 Å². The van der Waals surface area contributed by atoms with Crippen LogP contribution in [0.15, 0.2) is 18.2 Å². The highest BCUT2D eigenvalue weighted by Gasteiger charge is 2.17. The first kappa shape index (κ1) is 17.0. The maximum Gasteiger partial charge on any atom is 0.122 e. The minimum absolute atomic E-state index is 0.0650. The quantitative estimate of drug-likeness (QED) is 0.768. The van der Waals surface area contributed by atoms with Crippen molar-refractivity contribution < 1.29 is 9.84 Å². The zero-order chi connectivity index (χ0) is 15.2. The lowest BCUT2D eigenvalue weighted by Crippen LogP contribution is -2.44. The minimum atomic E-state index is -0.494. The summed E-state index contributed by atoms with van der Waals surface area (Å²) in [6.45, 7) is 11.4. The topological polar surface area (TPSA) is 41.5 Å². The van der Waals surface area contributed by atoms with Gasteiger partial charge in [-0.25, -0.2) is 0 Å². The van der Waals surface area contributed by atoms with Crippen molar-refractivity contribution in [2.45, 2.75) is 59.1 Å². The Morgan fingerprint density at radius 2 is 2.00 bits per heavy atom. The molecular weight excluding hydrogens is 250 g/mol. The maximum absolute atomic E-state index is 10.0. The van der Waals surface area contributed by atoms with Crippen molar-refractivity contribution in [3.8, 4) is 5.75 Å². The fraction of sp³-hybridized carbons (Fsp3) is 0.647. The van der Waals surface area contributed by atoms with Gasteiger partial charge < -0.3 is 15.2 Å². The molecule has 0 aliphatic heterocycles. The molecule has 1 atom stereocenters. The summed E-state index contributed by atoms with van der Waals surface area (Å²) in [7, 11) is 0. The second-order valence-electron chi connectivity index (χ2n) is 6.25. The van der Waals surface area contributed by atoms with E-state index in [4.69, 9.17) is 4.74 Å². The molecule has 20 heavy (non-hydrogen) atoms. The Kier molecular flexibility index (Phi) is 6.50. The van der Waals surface area contributed by atoms with Crippen LogP contribution in [0.3, 0.4) is 0 Å². The number of benzene rings is 1. The van der Waals surface area contributed by atoms with Gasteiger partial charge in [0.05, 0.1) is 0 Å². The van der Waals surface area contributed by atoms with E-state index in [-0.39, 0.29) is 5.54 Å². The van der Waals surface area contributed by atoms with Crippen LogP contribution in [0.5, 0.6) is 5.75 Å². The summed E-state index contributed by atoms with van der Waals surface area (Å²) in [5.74, 6) is 0.850. The molecule has 1 unspecified atom stereocenters. The highest BCUT2D eigenvalue weighted by Crippen LogP contribution is 2.18. The number of hydrogen-bond acceptors (Lipinski definition) is 3. The molecule has 0 saturated heterocycles. The smallest absolute Gasteiger partial charge is 0.122 e. The van der Waals surface area contributed by atoms with Crippen molar-refractivity contribution in [3.05, 3.63) is 29.3 Å². The molecule has 0 amide bonds. The summed E-state index contributed by atoms with van der Waals surface area (Å²) in [5.41, 5.74) is 2.39. The van der Waals surface area contributed by atoms with E-state index in [0.717, 1.165) is 24.2 Å². The second-order valence-corrected chi connectivity index (χ2v) is 6.25. The SMILES string of the molecule is CCCC(C)(C)NCC(O)COc1ccc(C)cc1C. The summed E-state index contributed by atoms with van der Waals surface area (Å²) in [6.07, 6.45) is 1.74. The van der Waals surface area contributed by atoms with E-state index in [1.54, 1.807) is 0 Å². The van der Waals surface area contributed by atoms with Crippen LogP contribution < -0.4 is 10.1 Å². The van der Waals surface area contributed by atoms with Gasteiger partial charge in [0.2, 0.25) is 0 Å². The van der Waals surface area contributed by atoms with Gasteiger partial charge in [-0.05, 0) is 45.7 Å². The van der Waals surface area contributed by atoms with Gasteiger partial charge in [-0.15, -0.1) is 0 Å². The highest BCUT2D eigenvalue weighted by atomic mass is 16.5. The molecule has 1 aromatic rings. The normalized spacial score (nSPS) is 13.3. The number of aliphatic hydroxyl groups excluding tert-OH is 1. The molecule has 0 aromatic heterocycles. The zero-order valence-corrected chi connectivity index (χ0v) is 13.5. The van der Waals surface area contributed by atoms with Crippen LogP contribution in [0.25, 0.3) is 0 Å². The van der Waals surface area contributed by atoms with E-state index in [2.05, 4.69) is 39.1 Å². The molecular formula is C17H29NO2. The standard InChI is InChI=1S/C17H29NO2/c1-6-9-17(4,5)18-11-15(19)12-20-16-8-7-13(2)10-14(16)3/h7-8,10,15,18-19H,6,9,11-12H2,1-5H3. The summed E-state index contributed by atoms with van der Waals surface area (Å²) < 4.78 is 5.69. The van der Waals surface area contributed by atoms with Gasteiger partial charge in [-0.2, -0.15) is 0 Å². The van der Waals surface area contributed by atoms with Crippen molar-refractivity contribution in [3.63, 3.8) is 0 Å². The Balaban J connectivity index is 2.38. The van der Waals surface area contributed by atoms with Crippen LogP contribution in [-0.2, 0) is 0 Å². The number of hydrogen-bond donors (Lipinski definition) is 2. The predicted molar refractivity (Wildman–Crippen MR) is 84.4 cm³/mol. The summed E-state index contributed by atoms with van der Waals surface area (Å²) in [5, 5.41) is 13.4. The van der Waals surface area contributed by atoms with Crippen molar-refractivity contribution in [1.29, 1.82) is 0 Å². The predicted octanol–water partition coefficient (Wildman–Crippen LogP) is 3.21. The van der Waals surface area contributed by atoms with Gasteiger partial charge >= 0.3 is 0 Å². The van der Waals surface area contributed by atoms with E-state index in [1.165, 1.54) is 5.56 Å². The molecule has 114 valence electrons. The Hall–Kier alpha value is -1.06. The molecule has 1 rings (SSSR count). The number of aryl methyl sites for hydroxylation is 2. The number of rotatable bonds is 8. The van der Waals surface area contributed by atoms with E-state index in [9.17, 15) is 5.11 Å². The molecule has 3 heteroatoms. The number of aliphatic hydroxyl groups is 1. The van der Waals surface area contributed by atoms with Gasteiger partial charge in [0.25, 0.3) is 0 Å². The third kappa shape index (κ3) is 5.93. The zero-order valence-electron chi connectivity index (χ0n) is 13.5. The lowest BCUT2D eigenvalue weighted by Gasteiger charge is -2.27. The van der Waals surface area contributed by atoms with Crippen LogP contribution in [0.1, 0.15) is 44.7 Å². The molecule has 0 fully saturated rings. The van der Waals surface area contributed by atoms with Gasteiger partial charge in [0, 0.05) is 12.1 Å². The van der Waals surface area contributed by atoms with E-state index in [0.29, 0.717) is 13.2 Å². The second kappa shape index (κ2) is 7.65. The maximum atomic E-state index is 10.0. The summed E-state index contributed by atoms with van der Waals surface area (Å²) >= 11 is 0. The van der Waals surface area contributed by atoms with E-state index >= 15 is 0 Å². The van der Waals surface area contributed by atoms with Crippen molar-refractivity contribution in [2.75, 3.05) is 13.2 Å². The van der Waals surface area contributed by atoms with Crippen molar-refractivity contribution in [1.82, 2.24) is 5.32 Å². The van der Waals surface area contributed by atoms with Crippen LogP contribution in [0.4, 0.5) is 0 Å². The molecule has 0 aliphatic rings. The average Bonchev–Trinajstić information content (AvgIpc) is 2.35. The van der Waals surface area contributed by atoms with Crippen LogP contribution in [-0.4, -0.2) is 29.9 Å². The first-order chi connectivity index (χ1) is 9.34. The van der Waals surface area contributed by atoms with Gasteiger partial charge in [0.15, 0.2) is 0 Å². The molecule has 3 nitrogen and oxygen atoms in total. The largest absolute Gasteiger partial charge is 0.491 e. The van der Waals surface area contributed by atoms with Crippen LogP contribution in [0, 0.1) is 13.8 Å². The molecule has 0 heterocycles. The molecule has 0 aliphatic carbocycles. The third-order valence-electron chi connectivity index (χ3n) is 3.45. The lowest BCUT2D eigenvalue weighted by molar-refractivity contribution is 0.0977. The highest BCUT2D eigenvalue weighted by molar-refractivity contribution is 5.35. The molecule has 0 bridgehead atoms. The number of β-amino-alcohol motifs (C(OH)–C–C–N with tert-alkyl or cyclic N) is 1. The van der Waals surface area contributed by atoms with E-state index < -0.39 is 6.10 Å². The van der Waals surface area contributed by atoms with Crippen LogP contribution >= 0.6 is 0 Å². The van der Waals surface area contributed by atoms with Crippen molar-refractivity contribution in [2.24, 2.45) is 0 Å². The Morgan fingerprint density at radius 3 is 2.60 bits per heavy atom. The van der Waals surface area contributed by atoms with Gasteiger partial charge in [0.1, 0.15) is 18.5 Å². The molecule has 0 saturated carbocycles. The summed E-state index contributed by atoms with van der Waals surface area (Å²) in [6, 6.07) is 6.08. The third-order valence-corrected chi connectivity index (χ3v) is 3.45.